The van der Waals surface area contributed by atoms with E-state index in [1.807, 2.05) is 0 Å². The summed E-state index contributed by atoms with van der Waals surface area (Å²) in [6.07, 6.45) is 5.47. The van der Waals surface area contributed by atoms with Crippen molar-refractivity contribution in [2.75, 3.05) is 0 Å². The highest BCUT2D eigenvalue weighted by Gasteiger charge is 2.28. The first-order valence-corrected chi connectivity index (χ1v) is 4.64. The van der Waals surface area contributed by atoms with Crippen molar-refractivity contribution >= 4 is 5.97 Å². The van der Waals surface area contributed by atoms with Crippen LogP contribution in [0.1, 0.15) is 31.1 Å². The molecule has 0 aromatic carbocycles. The molecular formula is C9H12N2O3. The third-order valence-corrected chi connectivity index (χ3v) is 2.48. The van der Waals surface area contributed by atoms with Crippen LogP contribution in [0, 0.1) is 0 Å². The molecule has 5 heteroatoms. The lowest BCUT2D eigenvalue weighted by Gasteiger charge is -2.26. The number of carboxylic acids is 1. The van der Waals surface area contributed by atoms with Crippen LogP contribution < -0.4 is 5.32 Å². The number of aliphatic carboxylic acids is 1. The number of aromatic nitrogens is 1. The first-order chi connectivity index (χ1) is 6.77. The Bertz CT molecular complexity index is 310. The van der Waals surface area contributed by atoms with Gasteiger partial charge < -0.3 is 9.52 Å². The average Bonchev–Trinajstić information content (AvgIpc) is 2.71. The van der Waals surface area contributed by atoms with Crippen LogP contribution in [0.4, 0.5) is 0 Å². The molecule has 5 nitrogen and oxygen atoms in total. The number of nitrogens with one attached hydrogen (secondary N) is 1. The average molecular weight is 196 g/mol. The molecule has 0 saturated carbocycles. The van der Waals surface area contributed by atoms with Gasteiger partial charge in [0.15, 0.2) is 6.39 Å². The van der Waals surface area contributed by atoms with E-state index >= 15 is 0 Å². The van der Waals surface area contributed by atoms with Gasteiger partial charge in [-0.2, -0.15) is 0 Å². The molecule has 1 aliphatic heterocycles. The van der Waals surface area contributed by atoms with Gasteiger partial charge in [0.05, 0.1) is 12.2 Å². The summed E-state index contributed by atoms with van der Waals surface area (Å²) >= 11 is 0. The second-order valence-corrected chi connectivity index (χ2v) is 3.44. The largest absolute Gasteiger partial charge is 0.480 e. The van der Waals surface area contributed by atoms with Crippen LogP contribution in [0.5, 0.6) is 0 Å². The number of rotatable bonds is 2. The Morgan fingerprint density at radius 1 is 1.64 bits per heavy atom. The van der Waals surface area contributed by atoms with E-state index in [1.54, 1.807) is 6.20 Å². The van der Waals surface area contributed by atoms with Crippen LogP contribution in [0.2, 0.25) is 0 Å². The molecule has 0 spiro atoms. The monoisotopic (exact) mass is 196 g/mol. The van der Waals surface area contributed by atoms with Crippen molar-refractivity contribution < 1.29 is 14.3 Å². The predicted molar refractivity (Wildman–Crippen MR) is 47.7 cm³/mol. The Labute approximate surface area is 81.1 Å². The maximum absolute atomic E-state index is 10.8. The highest BCUT2D eigenvalue weighted by Crippen LogP contribution is 2.25. The van der Waals surface area contributed by atoms with Crippen LogP contribution in [-0.2, 0) is 4.79 Å². The van der Waals surface area contributed by atoms with Crippen molar-refractivity contribution in [2.24, 2.45) is 0 Å². The first kappa shape index (κ1) is 9.21. The molecule has 2 atom stereocenters. The third kappa shape index (κ3) is 1.77. The Hall–Kier alpha value is -1.36. The van der Waals surface area contributed by atoms with E-state index < -0.39 is 12.0 Å². The molecule has 2 unspecified atom stereocenters. The summed E-state index contributed by atoms with van der Waals surface area (Å²) in [5.41, 5.74) is 0. The van der Waals surface area contributed by atoms with Crippen molar-refractivity contribution in [2.45, 2.75) is 31.3 Å². The van der Waals surface area contributed by atoms with Gasteiger partial charge in [0, 0.05) is 0 Å². The number of oxazole rings is 1. The van der Waals surface area contributed by atoms with Crippen LogP contribution in [0.25, 0.3) is 0 Å². The zero-order chi connectivity index (χ0) is 9.97. The molecule has 1 aromatic heterocycles. The van der Waals surface area contributed by atoms with Gasteiger partial charge in [0.2, 0.25) is 0 Å². The van der Waals surface area contributed by atoms with Crippen LogP contribution >= 0.6 is 0 Å². The molecule has 1 aliphatic rings. The highest BCUT2D eigenvalue weighted by molar-refractivity contribution is 5.73. The Morgan fingerprint density at radius 3 is 3.14 bits per heavy atom. The summed E-state index contributed by atoms with van der Waals surface area (Å²) in [6.45, 7) is 0. The second-order valence-electron chi connectivity index (χ2n) is 3.44. The zero-order valence-corrected chi connectivity index (χ0v) is 7.64. The molecule has 0 radical (unpaired) electrons. The van der Waals surface area contributed by atoms with Crippen LogP contribution in [0.15, 0.2) is 17.0 Å². The van der Waals surface area contributed by atoms with Crippen molar-refractivity contribution in [3.8, 4) is 0 Å². The van der Waals surface area contributed by atoms with E-state index in [4.69, 9.17) is 9.52 Å². The minimum absolute atomic E-state index is 0.00708. The van der Waals surface area contributed by atoms with Gasteiger partial charge in [0.25, 0.3) is 0 Å². The molecule has 0 aliphatic carbocycles. The van der Waals surface area contributed by atoms with Gasteiger partial charge in [0.1, 0.15) is 11.8 Å². The van der Waals surface area contributed by atoms with E-state index in [-0.39, 0.29) is 6.04 Å². The summed E-state index contributed by atoms with van der Waals surface area (Å²) < 4.78 is 5.13. The summed E-state index contributed by atoms with van der Waals surface area (Å²) in [5, 5.41) is 11.9. The van der Waals surface area contributed by atoms with Gasteiger partial charge in [-0.1, -0.05) is 0 Å². The van der Waals surface area contributed by atoms with E-state index in [1.165, 1.54) is 6.39 Å². The summed E-state index contributed by atoms with van der Waals surface area (Å²) in [6, 6.07) is -0.466. The molecule has 14 heavy (non-hydrogen) atoms. The van der Waals surface area contributed by atoms with E-state index in [2.05, 4.69) is 10.3 Å². The molecule has 1 saturated heterocycles. The SMILES string of the molecule is O=C(O)C1CCCC(c2cnco2)N1. The molecule has 2 N–H and O–H groups in total. The lowest BCUT2D eigenvalue weighted by Crippen LogP contribution is -2.42. The molecule has 0 bridgehead atoms. The number of nitrogens with zero attached hydrogens (tertiary/aromatic N) is 1. The number of carbonyl (C=O) groups is 1. The third-order valence-electron chi connectivity index (χ3n) is 2.48. The summed E-state index contributed by atoms with van der Waals surface area (Å²) in [7, 11) is 0. The van der Waals surface area contributed by atoms with Crippen molar-refractivity contribution in [3.63, 3.8) is 0 Å². The van der Waals surface area contributed by atoms with Gasteiger partial charge in [-0.15, -0.1) is 0 Å². The minimum atomic E-state index is -0.797. The second kappa shape index (κ2) is 3.79. The number of hydrogen-bond acceptors (Lipinski definition) is 4. The van der Waals surface area contributed by atoms with Crippen molar-refractivity contribution in [1.82, 2.24) is 10.3 Å². The molecule has 76 valence electrons. The fourth-order valence-electron chi connectivity index (χ4n) is 1.75. The van der Waals surface area contributed by atoms with Gasteiger partial charge in [-0.05, 0) is 19.3 Å². The minimum Gasteiger partial charge on any atom is -0.480 e. The van der Waals surface area contributed by atoms with Gasteiger partial charge in [-0.25, -0.2) is 4.98 Å². The molecule has 1 aromatic rings. The topological polar surface area (TPSA) is 75.4 Å². The Balaban J connectivity index is 2.04. The van der Waals surface area contributed by atoms with Crippen LogP contribution in [-0.4, -0.2) is 22.1 Å². The number of carboxylic acid groups (broad SMARTS) is 1. The normalized spacial score (nSPS) is 27.4. The quantitative estimate of drug-likeness (QED) is 0.736. The molecular weight excluding hydrogens is 184 g/mol. The summed E-state index contributed by atoms with van der Waals surface area (Å²) in [5.74, 6) is -0.0786. The smallest absolute Gasteiger partial charge is 0.320 e. The zero-order valence-electron chi connectivity index (χ0n) is 7.64. The fourth-order valence-corrected chi connectivity index (χ4v) is 1.75. The van der Waals surface area contributed by atoms with Gasteiger partial charge in [-0.3, -0.25) is 10.1 Å². The molecule has 0 amide bonds. The molecule has 2 heterocycles. The van der Waals surface area contributed by atoms with Crippen LogP contribution in [0.3, 0.4) is 0 Å². The molecule has 1 fully saturated rings. The van der Waals surface area contributed by atoms with Crippen molar-refractivity contribution in [3.05, 3.63) is 18.4 Å². The Kier molecular flexibility index (Phi) is 2.49. The maximum Gasteiger partial charge on any atom is 0.320 e. The highest BCUT2D eigenvalue weighted by atomic mass is 16.4. The van der Waals surface area contributed by atoms with Crippen molar-refractivity contribution in [1.29, 1.82) is 0 Å². The Morgan fingerprint density at radius 2 is 2.50 bits per heavy atom. The van der Waals surface area contributed by atoms with E-state index in [0.29, 0.717) is 6.42 Å². The first-order valence-electron chi connectivity index (χ1n) is 4.64. The fraction of sp³-hybridized carbons (Fsp3) is 0.556. The summed E-state index contributed by atoms with van der Waals surface area (Å²) in [4.78, 5) is 14.6. The lowest BCUT2D eigenvalue weighted by molar-refractivity contribution is -0.140. The molecule has 2 rings (SSSR count). The maximum atomic E-state index is 10.8. The predicted octanol–water partition coefficient (Wildman–Crippen LogP) is 0.942. The lowest BCUT2D eigenvalue weighted by atomic mass is 9.97. The van der Waals surface area contributed by atoms with E-state index in [0.717, 1.165) is 18.6 Å². The number of piperidine rings is 1. The van der Waals surface area contributed by atoms with Gasteiger partial charge >= 0.3 is 5.97 Å². The standard InChI is InChI=1S/C9H12N2O3/c12-9(13)7-3-1-2-6(11-7)8-4-10-5-14-8/h4-7,11H,1-3H2,(H,12,13). The van der Waals surface area contributed by atoms with E-state index in [9.17, 15) is 4.79 Å². The number of hydrogen-bond donors (Lipinski definition) is 2.